The molecule has 0 saturated carbocycles. The van der Waals surface area contributed by atoms with Crippen molar-refractivity contribution >= 4 is 10.9 Å². The third-order valence-corrected chi connectivity index (χ3v) is 3.15. The highest BCUT2D eigenvalue weighted by Gasteiger charge is 2.22. The summed E-state index contributed by atoms with van der Waals surface area (Å²) in [6.07, 6.45) is 1.49. The third-order valence-electron chi connectivity index (χ3n) is 3.15. The van der Waals surface area contributed by atoms with Crippen LogP contribution in [0.15, 0.2) is 36.5 Å². The van der Waals surface area contributed by atoms with Crippen molar-refractivity contribution in [3.63, 3.8) is 0 Å². The molecule has 0 amide bonds. The number of fused-ring (bicyclic) bond motifs is 1. The van der Waals surface area contributed by atoms with Gasteiger partial charge in [0.2, 0.25) is 0 Å². The molecule has 0 bridgehead atoms. The maximum absolute atomic E-state index is 5.38. The van der Waals surface area contributed by atoms with E-state index in [2.05, 4.69) is 41.5 Å². The average molecular weight is 260 g/mol. The minimum atomic E-state index is -0.318. The second kappa shape index (κ2) is 6.61. The quantitative estimate of drug-likeness (QED) is 0.810. The molecule has 2 aromatic rings. The highest BCUT2D eigenvalue weighted by molar-refractivity contribution is 5.79. The lowest BCUT2D eigenvalue weighted by molar-refractivity contribution is -0.123. The van der Waals surface area contributed by atoms with Gasteiger partial charge in [-0.3, -0.25) is 4.98 Å². The molecule has 1 unspecified atom stereocenters. The van der Waals surface area contributed by atoms with Gasteiger partial charge in [-0.15, -0.1) is 0 Å². The van der Waals surface area contributed by atoms with Crippen LogP contribution in [-0.4, -0.2) is 32.0 Å². The zero-order valence-electron chi connectivity index (χ0n) is 11.6. The molecule has 2 rings (SSSR count). The van der Waals surface area contributed by atoms with Gasteiger partial charge in [0.1, 0.15) is 0 Å². The Morgan fingerprint density at radius 2 is 2.00 bits per heavy atom. The summed E-state index contributed by atoms with van der Waals surface area (Å²) in [6, 6.07) is 10.2. The molecule has 0 aliphatic rings. The molecule has 19 heavy (non-hydrogen) atoms. The summed E-state index contributed by atoms with van der Waals surface area (Å²) in [4.78, 5) is 4.39. The van der Waals surface area contributed by atoms with Gasteiger partial charge in [-0.1, -0.05) is 25.1 Å². The monoisotopic (exact) mass is 260 g/mol. The minimum absolute atomic E-state index is 0.00796. The van der Waals surface area contributed by atoms with Crippen LogP contribution in [0.3, 0.4) is 0 Å². The lowest BCUT2D eigenvalue weighted by Gasteiger charge is -2.26. The second-order valence-corrected chi connectivity index (χ2v) is 4.33. The Hall–Kier alpha value is -1.49. The van der Waals surface area contributed by atoms with Gasteiger partial charge < -0.3 is 14.8 Å². The van der Waals surface area contributed by atoms with Gasteiger partial charge in [-0.05, 0) is 24.2 Å². The van der Waals surface area contributed by atoms with E-state index in [1.54, 1.807) is 20.4 Å². The van der Waals surface area contributed by atoms with E-state index in [1.165, 1.54) is 0 Å². The number of methoxy groups -OCH3 is 2. The number of hydrogen-bond acceptors (Lipinski definition) is 4. The number of rotatable bonds is 6. The van der Waals surface area contributed by atoms with Crippen molar-refractivity contribution in [1.82, 2.24) is 10.3 Å². The first kappa shape index (κ1) is 13.9. The number of pyridine rings is 1. The van der Waals surface area contributed by atoms with Gasteiger partial charge in [-0.25, -0.2) is 0 Å². The predicted octanol–water partition coefficient (Wildman–Crippen LogP) is 2.50. The van der Waals surface area contributed by atoms with Crippen LogP contribution in [0.25, 0.3) is 10.9 Å². The maximum Gasteiger partial charge on any atom is 0.176 e. The summed E-state index contributed by atoms with van der Waals surface area (Å²) in [7, 11) is 3.30. The maximum atomic E-state index is 5.38. The van der Waals surface area contributed by atoms with E-state index in [-0.39, 0.29) is 12.3 Å². The van der Waals surface area contributed by atoms with Gasteiger partial charge >= 0.3 is 0 Å². The molecule has 0 aliphatic heterocycles. The number of nitrogens with one attached hydrogen (secondary N) is 1. The summed E-state index contributed by atoms with van der Waals surface area (Å²) in [6.45, 7) is 2.91. The Kier molecular flexibility index (Phi) is 4.85. The highest BCUT2D eigenvalue weighted by atomic mass is 16.7. The van der Waals surface area contributed by atoms with Gasteiger partial charge in [0.25, 0.3) is 0 Å². The number of benzene rings is 1. The molecule has 1 heterocycles. The molecule has 1 aromatic carbocycles. The first-order valence-electron chi connectivity index (χ1n) is 6.43. The summed E-state index contributed by atoms with van der Waals surface area (Å²) >= 11 is 0. The molecule has 0 aliphatic carbocycles. The van der Waals surface area contributed by atoms with Gasteiger partial charge in [0.15, 0.2) is 6.29 Å². The minimum Gasteiger partial charge on any atom is -0.354 e. The Balaban J connectivity index is 2.37. The lowest BCUT2D eigenvalue weighted by atomic mass is 10.0. The van der Waals surface area contributed by atoms with E-state index in [1.807, 2.05) is 6.07 Å². The fourth-order valence-electron chi connectivity index (χ4n) is 2.24. The molecule has 4 nitrogen and oxygen atoms in total. The number of nitrogens with zero attached hydrogens (tertiary/aromatic N) is 1. The van der Waals surface area contributed by atoms with Crippen molar-refractivity contribution < 1.29 is 9.47 Å². The van der Waals surface area contributed by atoms with Crippen molar-refractivity contribution in [3.8, 4) is 0 Å². The van der Waals surface area contributed by atoms with Crippen LogP contribution >= 0.6 is 0 Å². The molecule has 0 spiro atoms. The van der Waals surface area contributed by atoms with E-state index in [0.717, 1.165) is 23.0 Å². The van der Waals surface area contributed by atoms with Crippen LogP contribution in [0, 0.1) is 0 Å². The number of aromatic nitrogens is 1. The fraction of sp³-hybridized carbons (Fsp3) is 0.400. The molecule has 1 aromatic heterocycles. The van der Waals surface area contributed by atoms with Crippen LogP contribution in [0.5, 0.6) is 0 Å². The van der Waals surface area contributed by atoms with Crippen molar-refractivity contribution in [3.05, 3.63) is 42.1 Å². The molecule has 4 heteroatoms. The van der Waals surface area contributed by atoms with Crippen LogP contribution in [-0.2, 0) is 9.47 Å². The molecule has 1 atom stereocenters. The Bertz CT molecular complexity index is 526. The average Bonchev–Trinajstić information content (AvgIpc) is 2.47. The fourth-order valence-corrected chi connectivity index (χ4v) is 2.24. The van der Waals surface area contributed by atoms with Crippen molar-refractivity contribution in [2.75, 3.05) is 20.8 Å². The molecular formula is C15H20N2O2. The predicted molar refractivity (Wildman–Crippen MR) is 76.0 cm³/mol. The summed E-state index contributed by atoms with van der Waals surface area (Å²) in [5.41, 5.74) is 2.09. The largest absolute Gasteiger partial charge is 0.354 e. The van der Waals surface area contributed by atoms with Crippen LogP contribution in [0.2, 0.25) is 0 Å². The molecule has 0 saturated heterocycles. The molecule has 102 valence electrons. The summed E-state index contributed by atoms with van der Waals surface area (Å²) < 4.78 is 10.8. The normalized spacial score (nSPS) is 13.1. The van der Waals surface area contributed by atoms with E-state index < -0.39 is 0 Å². The van der Waals surface area contributed by atoms with Crippen LogP contribution < -0.4 is 5.32 Å². The third kappa shape index (κ3) is 3.10. The Morgan fingerprint density at radius 3 is 2.68 bits per heavy atom. The van der Waals surface area contributed by atoms with Gasteiger partial charge in [-0.2, -0.15) is 0 Å². The van der Waals surface area contributed by atoms with Crippen molar-refractivity contribution in [1.29, 1.82) is 0 Å². The second-order valence-electron chi connectivity index (χ2n) is 4.33. The standard InChI is InChI=1S/C15H20N2O2/c1-4-16-14(15(18-2)19-3)12-8-7-11-6-5-9-17-13(11)10-12/h5-10,14-16H,4H2,1-3H3. The smallest absolute Gasteiger partial charge is 0.176 e. The SMILES string of the molecule is CCNC(c1ccc2cccnc2c1)C(OC)OC. The first-order chi connectivity index (χ1) is 9.30. The first-order valence-corrected chi connectivity index (χ1v) is 6.43. The Morgan fingerprint density at radius 1 is 1.21 bits per heavy atom. The highest BCUT2D eigenvalue weighted by Crippen LogP contribution is 2.23. The molecule has 0 fully saturated rings. The van der Waals surface area contributed by atoms with E-state index in [0.29, 0.717) is 0 Å². The summed E-state index contributed by atoms with van der Waals surface area (Å²) in [5, 5.41) is 4.52. The number of ether oxygens (including phenoxy) is 2. The number of hydrogen-bond donors (Lipinski definition) is 1. The molecule has 0 radical (unpaired) electrons. The topological polar surface area (TPSA) is 43.4 Å². The van der Waals surface area contributed by atoms with Gasteiger partial charge in [0.05, 0.1) is 11.6 Å². The molecule has 1 N–H and O–H groups in total. The zero-order valence-corrected chi connectivity index (χ0v) is 11.6. The van der Waals surface area contributed by atoms with E-state index in [4.69, 9.17) is 9.47 Å². The van der Waals surface area contributed by atoms with Crippen molar-refractivity contribution in [2.24, 2.45) is 0 Å². The van der Waals surface area contributed by atoms with E-state index in [9.17, 15) is 0 Å². The van der Waals surface area contributed by atoms with E-state index >= 15 is 0 Å². The molecular weight excluding hydrogens is 240 g/mol. The zero-order chi connectivity index (χ0) is 13.7. The summed E-state index contributed by atoms with van der Waals surface area (Å²) in [5.74, 6) is 0. The van der Waals surface area contributed by atoms with Crippen LogP contribution in [0.1, 0.15) is 18.5 Å². The van der Waals surface area contributed by atoms with Crippen molar-refractivity contribution in [2.45, 2.75) is 19.3 Å². The number of likely N-dealkylation sites (N-methyl/N-ethyl adjacent to an activating group) is 1. The van der Waals surface area contributed by atoms with Gasteiger partial charge in [0, 0.05) is 25.8 Å². The van der Waals surface area contributed by atoms with Crippen LogP contribution in [0.4, 0.5) is 0 Å². The lowest BCUT2D eigenvalue weighted by Crippen LogP contribution is -2.34. The Labute approximate surface area is 113 Å².